The smallest absolute Gasteiger partial charge is 0.373 e. The van der Waals surface area contributed by atoms with E-state index in [1.165, 1.54) is 32.2 Å². The normalized spacial score (nSPS) is 14.4. The first-order valence-electron chi connectivity index (χ1n) is 9.35. The number of rotatable bonds is 6. The van der Waals surface area contributed by atoms with E-state index in [4.69, 9.17) is 23.2 Å². The van der Waals surface area contributed by atoms with Crippen molar-refractivity contribution in [1.29, 1.82) is 0 Å². The number of halogens is 5. The van der Waals surface area contributed by atoms with Gasteiger partial charge >= 0.3 is 6.18 Å². The van der Waals surface area contributed by atoms with Crippen LogP contribution in [0.25, 0.3) is 6.08 Å². The lowest BCUT2D eigenvalue weighted by atomic mass is 9.90. The number of hydrogen-bond donors (Lipinski definition) is 1. The minimum atomic E-state index is -5.02. The average molecular weight is 536 g/mol. The minimum absolute atomic E-state index is 0.0291. The molecule has 176 valence electrons. The summed E-state index contributed by atoms with van der Waals surface area (Å²) >= 11 is 12.7. The van der Waals surface area contributed by atoms with Crippen molar-refractivity contribution in [2.75, 3.05) is 11.4 Å². The molecule has 1 atom stereocenters. The highest BCUT2D eigenvalue weighted by atomic mass is 35.5. The number of aryl methyl sites for hydroxylation is 1. The van der Waals surface area contributed by atoms with Crippen molar-refractivity contribution in [3.05, 3.63) is 86.0 Å². The third kappa shape index (κ3) is 5.07. The van der Waals surface area contributed by atoms with Crippen molar-refractivity contribution < 1.29 is 26.7 Å². The standard InChI is InChI=1S/C22H18Cl2F3NO3S2/c1-14-12-16(21(29,22(25,26)27)11-10-15-6-4-3-5-7-15)8-9-17(14)28(2)33(30,31)18-13-19(23)32-20(18)24/h3-13,29H,1-2H3. The molecule has 33 heavy (non-hydrogen) atoms. The molecule has 3 aromatic rings. The molecule has 3 rings (SSSR count). The quantitative estimate of drug-likeness (QED) is 0.384. The monoisotopic (exact) mass is 535 g/mol. The zero-order chi connectivity index (χ0) is 24.6. The number of aliphatic hydroxyl groups is 1. The van der Waals surface area contributed by atoms with E-state index in [2.05, 4.69) is 0 Å². The van der Waals surface area contributed by atoms with Gasteiger partial charge in [0.1, 0.15) is 9.23 Å². The molecule has 0 aliphatic heterocycles. The third-order valence-electron chi connectivity index (χ3n) is 4.99. The van der Waals surface area contributed by atoms with E-state index in [-0.39, 0.29) is 24.8 Å². The van der Waals surface area contributed by atoms with Crippen LogP contribution < -0.4 is 4.31 Å². The molecule has 1 N–H and O–H groups in total. The van der Waals surface area contributed by atoms with Gasteiger partial charge in [0, 0.05) is 7.05 Å². The van der Waals surface area contributed by atoms with Crippen molar-refractivity contribution in [1.82, 2.24) is 0 Å². The third-order valence-corrected chi connectivity index (χ3v) is 8.51. The topological polar surface area (TPSA) is 57.6 Å². The van der Waals surface area contributed by atoms with Gasteiger partial charge in [0.25, 0.3) is 10.0 Å². The van der Waals surface area contributed by atoms with Crippen LogP contribution in [0.15, 0.2) is 65.6 Å². The molecule has 2 aromatic carbocycles. The summed E-state index contributed by atoms with van der Waals surface area (Å²) in [6, 6.07) is 12.8. The Morgan fingerprint density at radius 1 is 1.06 bits per heavy atom. The fourth-order valence-electron chi connectivity index (χ4n) is 3.16. The predicted octanol–water partition coefficient (Wildman–Crippen LogP) is 6.65. The average Bonchev–Trinajstić information content (AvgIpc) is 3.10. The van der Waals surface area contributed by atoms with Crippen molar-refractivity contribution in [2.24, 2.45) is 0 Å². The Hall–Kier alpha value is -2.04. The lowest BCUT2D eigenvalue weighted by Crippen LogP contribution is -2.40. The van der Waals surface area contributed by atoms with Crippen molar-refractivity contribution in [2.45, 2.75) is 23.6 Å². The highest BCUT2D eigenvalue weighted by Gasteiger charge is 2.53. The molecule has 4 nitrogen and oxygen atoms in total. The zero-order valence-electron chi connectivity index (χ0n) is 17.3. The largest absolute Gasteiger partial charge is 0.425 e. The fraction of sp³-hybridized carbons (Fsp3) is 0.182. The first-order chi connectivity index (χ1) is 15.3. The van der Waals surface area contributed by atoms with Crippen molar-refractivity contribution in [3.63, 3.8) is 0 Å². The molecule has 0 radical (unpaired) electrons. The van der Waals surface area contributed by atoms with Crippen LogP contribution in [-0.4, -0.2) is 26.7 Å². The molecule has 0 fully saturated rings. The maximum absolute atomic E-state index is 13.9. The number of alkyl halides is 3. The summed E-state index contributed by atoms with van der Waals surface area (Å²) in [6.45, 7) is 1.45. The molecule has 1 unspecified atom stereocenters. The summed E-state index contributed by atoms with van der Waals surface area (Å²) in [5, 5.41) is 10.6. The van der Waals surface area contributed by atoms with E-state index >= 15 is 0 Å². The Bertz CT molecular complexity index is 1290. The first-order valence-corrected chi connectivity index (χ1v) is 12.4. The maximum atomic E-state index is 13.9. The van der Waals surface area contributed by atoms with Crippen LogP contribution in [0.2, 0.25) is 8.67 Å². The Kier molecular flexibility index (Phi) is 7.21. The SMILES string of the molecule is Cc1cc(C(O)(C=Cc2ccccc2)C(F)(F)F)ccc1N(C)S(=O)(=O)c1cc(Cl)sc1Cl. The van der Waals surface area contributed by atoms with Gasteiger partial charge in [-0.3, -0.25) is 4.31 Å². The Morgan fingerprint density at radius 2 is 1.70 bits per heavy atom. The second-order valence-corrected chi connectivity index (χ2v) is 11.4. The number of thiophene rings is 1. The second-order valence-electron chi connectivity index (χ2n) is 7.17. The van der Waals surface area contributed by atoms with Crippen LogP contribution >= 0.6 is 34.5 Å². The molecule has 0 bridgehead atoms. The van der Waals surface area contributed by atoms with Crippen LogP contribution in [-0.2, 0) is 15.6 Å². The van der Waals surface area contributed by atoms with Gasteiger partial charge in [0.05, 0.1) is 10.0 Å². The number of nitrogens with zero attached hydrogens (tertiary/aromatic N) is 1. The minimum Gasteiger partial charge on any atom is -0.373 e. The summed E-state index contributed by atoms with van der Waals surface area (Å²) in [7, 11) is -2.86. The highest BCUT2D eigenvalue weighted by molar-refractivity contribution is 7.93. The van der Waals surface area contributed by atoms with E-state index in [0.29, 0.717) is 11.6 Å². The summed E-state index contributed by atoms with van der Waals surface area (Å²) in [4.78, 5) is -0.206. The molecule has 0 saturated heterocycles. The van der Waals surface area contributed by atoms with E-state index in [9.17, 15) is 26.7 Å². The molecule has 0 amide bonds. The zero-order valence-corrected chi connectivity index (χ0v) is 20.4. The molecule has 11 heteroatoms. The highest BCUT2D eigenvalue weighted by Crippen LogP contribution is 2.42. The van der Waals surface area contributed by atoms with Crippen LogP contribution in [0, 0.1) is 6.92 Å². The van der Waals surface area contributed by atoms with Crippen LogP contribution in [0.5, 0.6) is 0 Å². The maximum Gasteiger partial charge on any atom is 0.425 e. The number of benzene rings is 2. The van der Waals surface area contributed by atoms with Gasteiger partial charge in [-0.15, -0.1) is 11.3 Å². The molecule has 0 saturated carbocycles. The summed E-state index contributed by atoms with van der Waals surface area (Å²) < 4.78 is 68.7. The van der Waals surface area contributed by atoms with E-state index in [0.717, 1.165) is 27.8 Å². The van der Waals surface area contributed by atoms with E-state index < -0.39 is 27.4 Å². The Morgan fingerprint density at radius 3 is 2.21 bits per heavy atom. The molecule has 1 heterocycles. The predicted molar refractivity (Wildman–Crippen MR) is 127 cm³/mol. The van der Waals surface area contributed by atoms with Crippen LogP contribution in [0.1, 0.15) is 16.7 Å². The summed E-state index contributed by atoms with van der Waals surface area (Å²) in [5.74, 6) is 0. The van der Waals surface area contributed by atoms with Crippen LogP contribution in [0.4, 0.5) is 18.9 Å². The second kappa shape index (κ2) is 9.31. The molecular formula is C22H18Cl2F3NO3S2. The molecule has 0 spiro atoms. The molecule has 1 aromatic heterocycles. The molecule has 0 aliphatic carbocycles. The van der Waals surface area contributed by atoms with Gasteiger partial charge in [0.2, 0.25) is 5.60 Å². The summed E-state index contributed by atoms with van der Waals surface area (Å²) in [5.41, 5.74) is -2.94. The lowest BCUT2D eigenvalue weighted by Gasteiger charge is -2.29. The van der Waals surface area contributed by atoms with Gasteiger partial charge in [0.15, 0.2) is 0 Å². The van der Waals surface area contributed by atoms with E-state index in [1.54, 1.807) is 30.3 Å². The number of hydrogen-bond acceptors (Lipinski definition) is 4. The molecule has 0 aliphatic rings. The van der Waals surface area contributed by atoms with Crippen molar-refractivity contribution >= 4 is 56.3 Å². The molecular weight excluding hydrogens is 518 g/mol. The fourth-order valence-corrected chi connectivity index (χ4v) is 6.53. The van der Waals surface area contributed by atoms with E-state index in [1.807, 2.05) is 0 Å². The van der Waals surface area contributed by atoms with Gasteiger partial charge in [-0.2, -0.15) is 13.2 Å². The van der Waals surface area contributed by atoms with Crippen molar-refractivity contribution in [3.8, 4) is 0 Å². The Balaban J connectivity index is 2.03. The lowest BCUT2D eigenvalue weighted by molar-refractivity contribution is -0.244. The summed E-state index contributed by atoms with van der Waals surface area (Å²) in [6.07, 6.45) is -3.18. The number of sulfonamides is 1. The van der Waals surface area contributed by atoms with Crippen LogP contribution in [0.3, 0.4) is 0 Å². The first kappa shape index (κ1) is 25.6. The van der Waals surface area contributed by atoms with Gasteiger partial charge in [-0.1, -0.05) is 71.7 Å². The van der Waals surface area contributed by atoms with Gasteiger partial charge in [-0.25, -0.2) is 8.42 Å². The number of anilines is 1. The Labute approximate surface area is 203 Å². The van der Waals surface area contributed by atoms with Gasteiger partial charge < -0.3 is 5.11 Å². The van der Waals surface area contributed by atoms with Gasteiger partial charge in [-0.05, 0) is 41.8 Å².